The Hall–Kier alpha value is -14.0. The second kappa shape index (κ2) is 34.5. The molecule has 0 saturated heterocycles. The van der Waals surface area contributed by atoms with Crippen molar-refractivity contribution in [1.82, 2.24) is 77.3 Å². The molecule has 12 aromatic rings. The maximum atomic E-state index is 15.0. The summed E-state index contributed by atoms with van der Waals surface area (Å²) in [5.41, 5.74) is 36.4. The van der Waals surface area contributed by atoms with Crippen molar-refractivity contribution >= 4 is 138 Å². The summed E-state index contributed by atoms with van der Waals surface area (Å²) in [6.45, 7) is 16.8. The second-order valence-electron chi connectivity index (χ2n) is 32.3. The number of carbonyl (C=O) groups excluding carboxylic acids is 8. The number of benzene rings is 4. The van der Waals surface area contributed by atoms with Gasteiger partial charge in [0.2, 0.25) is 47.4 Å². The van der Waals surface area contributed by atoms with Gasteiger partial charge >= 0.3 is 0 Å². The zero-order valence-electron chi connectivity index (χ0n) is 71.0. The van der Waals surface area contributed by atoms with Crippen LogP contribution in [0.15, 0.2) is 97.1 Å². The Labute approximate surface area is 712 Å². The molecule has 124 heavy (non-hydrogen) atoms. The fourth-order valence-corrected chi connectivity index (χ4v) is 18.0. The number of nitrogens with zero attached hydrogens (tertiary/aromatic N) is 20. The van der Waals surface area contributed by atoms with Crippen LogP contribution in [-0.2, 0) is 35.7 Å². The molecule has 38 heteroatoms. The van der Waals surface area contributed by atoms with Gasteiger partial charge in [-0.3, -0.25) is 78.4 Å². The van der Waals surface area contributed by atoms with Crippen molar-refractivity contribution in [3.8, 4) is 0 Å². The minimum absolute atomic E-state index is 0.244. The average molecular weight is 1690 g/mol. The van der Waals surface area contributed by atoms with Crippen LogP contribution in [0.25, 0.3) is 44.1 Å². The number of ether oxygens (including phenoxy) is 2. The molecular formula is C86H102N28O10. The maximum absolute atomic E-state index is 15.0. The summed E-state index contributed by atoms with van der Waals surface area (Å²) < 4.78 is 25.7. The van der Waals surface area contributed by atoms with E-state index in [1.54, 1.807) is 106 Å². The molecule has 8 amide bonds. The highest BCUT2D eigenvalue weighted by atomic mass is 16.5. The van der Waals surface area contributed by atoms with Gasteiger partial charge in [0.1, 0.15) is 22.8 Å². The fourth-order valence-electron chi connectivity index (χ4n) is 18.0. The van der Waals surface area contributed by atoms with Crippen LogP contribution in [0.5, 0.6) is 0 Å². The zero-order valence-corrected chi connectivity index (χ0v) is 71.0. The molecule has 0 saturated carbocycles. The van der Waals surface area contributed by atoms with Crippen LogP contribution in [0.4, 0.5) is 46.5 Å². The summed E-state index contributed by atoms with van der Waals surface area (Å²) in [5.74, 6) is -3.05. The third kappa shape index (κ3) is 16.1. The van der Waals surface area contributed by atoms with Gasteiger partial charge in [-0.25, -0.2) is 19.9 Å². The Balaban J connectivity index is 0.623. The zero-order chi connectivity index (χ0) is 87.4. The number of unbranched alkanes of at least 4 members (excludes halogenated alkanes) is 1. The molecule has 4 atom stereocenters. The van der Waals surface area contributed by atoms with E-state index in [0.29, 0.717) is 215 Å². The van der Waals surface area contributed by atoms with Crippen molar-refractivity contribution in [3.05, 3.63) is 165 Å². The number of methoxy groups -OCH3 is 2. The summed E-state index contributed by atoms with van der Waals surface area (Å²) >= 11 is 0. The number of likely N-dealkylation sites (N-methyl/N-ethyl adjacent to an activating group) is 2. The number of amides is 8. The number of carbonyl (C=O) groups is 8. The minimum atomic E-state index is -0.633. The van der Waals surface area contributed by atoms with Crippen molar-refractivity contribution in [2.24, 2.45) is 22.9 Å². The van der Waals surface area contributed by atoms with Gasteiger partial charge in [-0.1, -0.05) is 24.3 Å². The molecule has 0 aliphatic carbocycles. The van der Waals surface area contributed by atoms with Gasteiger partial charge in [-0.15, -0.1) is 0 Å². The number of hydrogen-bond donors (Lipinski definition) is 8. The molecule has 8 aromatic heterocycles. The lowest BCUT2D eigenvalue weighted by Gasteiger charge is -2.36. The van der Waals surface area contributed by atoms with Crippen LogP contribution < -0.4 is 63.8 Å². The standard InChI is InChI=1S/C86H102N28O10/c1-11-107-67(31-47(3)99-107)79(119)95-83-91-59-35-51(75(87)115)39-63-71(59)111(83)55(43-103(63)7)21-13-16-24-58-46-106(26-20-30-124-10)66-42-54(78(90)118)38-62-74(66)114(58)86(94-62)98-82(122)70-34-50(6)102-110(70)28-18-17-27-109-69(33-49(5)101-109)81(121)97-84-92-60-36-52(76(88)116)40-64-72(60)112(84)56(44-104(64)8)22-14-15-23-57-45-105(25-19-29-123-9)65-41-53(77(89)117)37-61-73(65)113(57)85(93-61)96-80(120)68-32-48(4)100-108(68)12-2/h13-16,31-42,55-58H,11-12,17-30,43-46H2,1-10H3,(H2,87,115)(H2,88,116)(H2,89,117)(H2,90,118)(H,91,95,119)(H,92,97,121)(H,93,96,120)(H,94,98,122)/b15-14+,16-13-/t55-,56-,57-,58-/m0/s1. The van der Waals surface area contributed by atoms with E-state index in [2.05, 4.69) is 75.4 Å². The molecule has 646 valence electrons. The van der Waals surface area contributed by atoms with E-state index in [4.69, 9.17) is 62.5 Å². The van der Waals surface area contributed by atoms with Crippen LogP contribution in [-0.4, -0.2) is 205 Å². The van der Waals surface area contributed by atoms with Crippen molar-refractivity contribution < 1.29 is 47.8 Å². The van der Waals surface area contributed by atoms with Crippen molar-refractivity contribution in [2.45, 2.75) is 143 Å². The third-order valence-electron chi connectivity index (χ3n) is 23.5. The Morgan fingerprint density at radius 2 is 0.637 bits per heavy atom. The predicted molar refractivity (Wildman–Crippen MR) is 470 cm³/mol. The van der Waals surface area contributed by atoms with E-state index < -0.39 is 35.4 Å². The smallest absolute Gasteiger partial charge is 0.276 e. The van der Waals surface area contributed by atoms with Gasteiger partial charge < -0.3 is 70.3 Å². The average Bonchev–Trinajstić information content (AvgIpc) is 1.59. The molecule has 38 nitrogen and oxygen atoms in total. The number of aromatic nitrogens is 16. The number of hydrogen-bond acceptors (Lipinski definition) is 22. The summed E-state index contributed by atoms with van der Waals surface area (Å²) in [4.78, 5) is 138. The molecule has 12 N–H and O–H groups in total. The molecule has 4 aliphatic heterocycles. The van der Waals surface area contributed by atoms with Crippen molar-refractivity contribution in [1.29, 1.82) is 0 Å². The Morgan fingerprint density at radius 3 is 0.919 bits per heavy atom. The molecule has 0 spiro atoms. The first-order valence-corrected chi connectivity index (χ1v) is 41.7. The van der Waals surface area contributed by atoms with Gasteiger partial charge in [0, 0.05) is 129 Å². The Bertz CT molecular complexity index is 6340. The summed E-state index contributed by atoms with van der Waals surface area (Å²) in [6, 6.07) is 19.4. The molecule has 4 aliphatic rings. The lowest BCUT2D eigenvalue weighted by molar-refractivity contribution is 0.0992. The normalized spacial score (nSPS) is 16.0. The van der Waals surface area contributed by atoms with Gasteiger partial charge in [-0.05, 0) is 166 Å². The largest absolute Gasteiger partial charge is 0.385 e. The van der Waals surface area contributed by atoms with E-state index in [9.17, 15) is 33.6 Å². The number of allylic oxidation sites excluding steroid dienone is 4. The molecule has 12 heterocycles. The third-order valence-corrected chi connectivity index (χ3v) is 23.5. The highest BCUT2D eigenvalue weighted by molar-refractivity contribution is 6.10. The number of primary amides is 4. The first-order valence-electron chi connectivity index (χ1n) is 41.7. The topological polar surface area (TPSA) is 463 Å². The Morgan fingerprint density at radius 1 is 0.371 bits per heavy atom. The molecule has 0 bridgehead atoms. The molecule has 0 radical (unpaired) electrons. The molecule has 4 aromatic carbocycles. The summed E-state index contributed by atoms with van der Waals surface area (Å²) in [6.07, 6.45) is 12.8. The summed E-state index contributed by atoms with van der Waals surface area (Å²) in [7, 11) is 7.19. The van der Waals surface area contributed by atoms with Crippen LogP contribution in [0, 0.1) is 27.7 Å². The number of aryl methyl sites for hydroxylation is 8. The van der Waals surface area contributed by atoms with E-state index in [1.807, 2.05) is 73.9 Å². The van der Waals surface area contributed by atoms with Crippen LogP contribution in [0.2, 0.25) is 0 Å². The highest BCUT2D eigenvalue weighted by Crippen LogP contribution is 2.45. The number of nitrogens with two attached hydrogens (primary N) is 4. The lowest BCUT2D eigenvalue weighted by atomic mass is 10.0. The molecule has 0 unspecified atom stereocenters. The SMILES string of the molecule is CCn1nc(C)cc1C(=O)Nc1nc2cc(C(N)=O)cc3c2n1[C@@H](C/C=C\C[C@H]1CN(CCCOC)c2cc(C(N)=O)cc4nc(NC(=O)c5cc(C)nn5CCCCn5nc(C)cc5C(=O)Nc5nc6cc(C(N)=O)cc7c6n5[C@@H](C/C=C/C[C@H]5CN(CCCOC)c6cc(C(N)=O)cc8nc(NC(=O)c9cc(C)nn9CC)n5c68)CN7C)n1c24)CN3C. The minimum Gasteiger partial charge on any atom is -0.385 e. The molecule has 0 fully saturated rings. The number of rotatable bonds is 35. The van der Waals surface area contributed by atoms with Gasteiger partial charge in [0.15, 0.2) is 0 Å². The monoisotopic (exact) mass is 1690 g/mol. The number of imidazole rings is 4. The number of anilines is 8. The van der Waals surface area contributed by atoms with E-state index in [-0.39, 0.29) is 81.5 Å². The predicted octanol–water partition coefficient (Wildman–Crippen LogP) is 8.88. The van der Waals surface area contributed by atoms with Crippen LogP contribution in [0.1, 0.15) is 196 Å². The van der Waals surface area contributed by atoms with Gasteiger partial charge in [0.25, 0.3) is 23.6 Å². The highest BCUT2D eigenvalue weighted by Gasteiger charge is 2.38. The Kier molecular flexibility index (Phi) is 23.2. The number of nitrogens with one attached hydrogen (secondary N) is 4. The van der Waals surface area contributed by atoms with Crippen molar-refractivity contribution in [3.63, 3.8) is 0 Å². The quantitative estimate of drug-likeness (QED) is 0.0136. The van der Waals surface area contributed by atoms with E-state index >= 15 is 4.79 Å². The maximum Gasteiger partial charge on any atom is 0.276 e. The second-order valence-corrected chi connectivity index (χ2v) is 32.3. The first-order chi connectivity index (χ1) is 59.7. The van der Waals surface area contributed by atoms with E-state index in [1.165, 1.54) is 0 Å². The first kappa shape index (κ1) is 83.6. The van der Waals surface area contributed by atoms with Crippen LogP contribution >= 0.6 is 0 Å². The lowest BCUT2D eigenvalue weighted by Crippen LogP contribution is -2.37. The molecule has 16 rings (SSSR count). The van der Waals surface area contributed by atoms with Crippen molar-refractivity contribution in [2.75, 3.05) is 122 Å². The fraction of sp³-hybridized carbons (Fsp3) is 0.395. The van der Waals surface area contributed by atoms with Gasteiger partial charge in [-0.2, -0.15) is 20.4 Å². The van der Waals surface area contributed by atoms with Gasteiger partial charge in [0.05, 0.1) is 114 Å². The summed E-state index contributed by atoms with van der Waals surface area (Å²) in [5, 5.41) is 31.0. The van der Waals surface area contributed by atoms with E-state index in [0.717, 1.165) is 28.1 Å². The van der Waals surface area contributed by atoms with Crippen LogP contribution in [0.3, 0.4) is 0 Å². The molecular weight excluding hydrogens is 1590 g/mol.